The molecule has 1 unspecified atom stereocenters. The van der Waals surface area contributed by atoms with E-state index < -0.39 is 0 Å². The first-order valence-electron chi connectivity index (χ1n) is 11.6. The first-order valence-corrected chi connectivity index (χ1v) is 11.6. The van der Waals surface area contributed by atoms with Gasteiger partial charge in [-0.05, 0) is 68.5 Å². The van der Waals surface area contributed by atoms with Crippen LogP contribution in [0.3, 0.4) is 0 Å². The first kappa shape index (κ1) is 20.1. The van der Waals surface area contributed by atoms with Crippen molar-refractivity contribution in [3.8, 4) is 11.4 Å². The maximum absolute atomic E-state index is 5.35. The molecule has 3 heterocycles. The van der Waals surface area contributed by atoms with E-state index in [1.807, 2.05) is 12.1 Å². The number of anilines is 1. The lowest BCUT2D eigenvalue weighted by molar-refractivity contribution is 0.198. The van der Waals surface area contributed by atoms with Gasteiger partial charge in [-0.3, -0.25) is 4.90 Å². The topological polar surface area (TPSA) is 42.3 Å². The zero-order valence-corrected chi connectivity index (χ0v) is 18.4. The average Bonchev–Trinajstić information content (AvgIpc) is 3.00. The number of piperidine rings is 1. The molecule has 1 N–H and O–H groups in total. The van der Waals surface area contributed by atoms with Crippen LogP contribution in [0.1, 0.15) is 48.4 Å². The third-order valence-corrected chi connectivity index (χ3v) is 6.62. The van der Waals surface area contributed by atoms with Crippen LogP contribution in [0.4, 0.5) is 5.82 Å². The van der Waals surface area contributed by atoms with E-state index in [1.54, 1.807) is 7.11 Å². The van der Waals surface area contributed by atoms with Crippen LogP contribution in [-0.4, -0.2) is 41.4 Å². The van der Waals surface area contributed by atoms with Crippen LogP contribution in [0.15, 0.2) is 54.6 Å². The quantitative estimate of drug-likeness (QED) is 0.635. The van der Waals surface area contributed by atoms with Crippen molar-refractivity contribution in [3.05, 3.63) is 71.4 Å². The molecule has 2 aliphatic heterocycles. The molecular weight excluding hydrogens is 384 g/mol. The fraction of sp³-hybridized carbons (Fsp3) is 0.423. The number of hydrogen-bond donors (Lipinski definition) is 1. The number of nitrogens with zero attached hydrogens (tertiary/aromatic N) is 3. The molecule has 1 atom stereocenters. The molecule has 2 aliphatic rings. The summed E-state index contributed by atoms with van der Waals surface area (Å²) < 4.78 is 7.48. The van der Waals surface area contributed by atoms with Crippen molar-refractivity contribution in [2.24, 2.45) is 0 Å². The van der Waals surface area contributed by atoms with Crippen LogP contribution in [0.2, 0.25) is 0 Å². The Bertz CT molecular complexity index is 996. The van der Waals surface area contributed by atoms with Gasteiger partial charge in [0.1, 0.15) is 11.6 Å². The van der Waals surface area contributed by atoms with Crippen LogP contribution in [0.5, 0.6) is 5.75 Å². The van der Waals surface area contributed by atoms with E-state index in [0.717, 1.165) is 37.5 Å². The minimum absolute atomic E-state index is 0.491. The molecule has 2 aromatic carbocycles. The highest BCUT2D eigenvalue weighted by Gasteiger charge is 2.29. The Morgan fingerprint density at radius 3 is 2.68 bits per heavy atom. The number of rotatable bonds is 5. The Balaban J connectivity index is 1.44. The van der Waals surface area contributed by atoms with Gasteiger partial charge < -0.3 is 10.1 Å². The lowest BCUT2D eigenvalue weighted by atomic mass is 9.91. The highest BCUT2D eigenvalue weighted by Crippen LogP contribution is 2.36. The monoisotopic (exact) mass is 416 g/mol. The summed E-state index contributed by atoms with van der Waals surface area (Å²) in [7, 11) is 1.71. The van der Waals surface area contributed by atoms with Gasteiger partial charge in [0.05, 0.1) is 18.5 Å². The molecule has 1 fully saturated rings. The molecule has 31 heavy (non-hydrogen) atoms. The third-order valence-electron chi connectivity index (χ3n) is 6.62. The molecule has 5 nitrogen and oxygen atoms in total. The minimum Gasteiger partial charge on any atom is -0.497 e. The largest absolute Gasteiger partial charge is 0.497 e. The number of hydrogen-bond acceptors (Lipinski definition) is 4. The summed E-state index contributed by atoms with van der Waals surface area (Å²) in [4.78, 5) is 2.60. The SMILES string of the molecule is COc1ccc(-n2nc(C3CCCN(Cc4ccccc4)C3)c3c2NCCCC3)cc1. The molecule has 0 spiro atoms. The van der Waals surface area contributed by atoms with E-state index >= 15 is 0 Å². The predicted octanol–water partition coefficient (Wildman–Crippen LogP) is 5.01. The third kappa shape index (κ3) is 4.33. The van der Waals surface area contributed by atoms with Crippen LogP contribution >= 0.6 is 0 Å². The average molecular weight is 417 g/mol. The second-order valence-corrected chi connectivity index (χ2v) is 8.77. The lowest BCUT2D eigenvalue weighted by Gasteiger charge is -2.32. The fourth-order valence-corrected chi connectivity index (χ4v) is 5.03. The minimum atomic E-state index is 0.491. The standard InChI is InChI=1S/C26H32N4O/c1-31-23-14-12-22(13-15-23)30-26-24(11-5-6-16-27-26)25(28-30)21-10-7-17-29(19-21)18-20-8-3-2-4-9-20/h2-4,8-9,12-15,21,27H,5-7,10-11,16-19H2,1H3. The van der Waals surface area contributed by atoms with E-state index in [1.165, 1.54) is 54.9 Å². The summed E-state index contributed by atoms with van der Waals surface area (Å²) in [6.45, 7) is 4.29. The summed E-state index contributed by atoms with van der Waals surface area (Å²) >= 11 is 0. The Morgan fingerprint density at radius 2 is 1.87 bits per heavy atom. The Morgan fingerprint density at radius 1 is 1.03 bits per heavy atom. The van der Waals surface area contributed by atoms with Crippen molar-refractivity contribution in [2.45, 2.75) is 44.6 Å². The summed E-state index contributed by atoms with van der Waals surface area (Å²) in [6.07, 6.45) is 6.00. The van der Waals surface area contributed by atoms with Crippen molar-refractivity contribution < 1.29 is 4.74 Å². The van der Waals surface area contributed by atoms with Crippen molar-refractivity contribution >= 4 is 5.82 Å². The maximum atomic E-state index is 5.35. The highest BCUT2D eigenvalue weighted by molar-refractivity contribution is 5.55. The number of benzene rings is 2. The van der Waals surface area contributed by atoms with Crippen LogP contribution < -0.4 is 10.1 Å². The smallest absolute Gasteiger partial charge is 0.133 e. The molecule has 162 valence electrons. The second-order valence-electron chi connectivity index (χ2n) is 8.77. The summed E-state index contributed by atoms with van der Waals surface area (Å²) in [5, 5.41) is 8.90. The normalized spacial score (nSPS) is 19.3. The van der Waals surface area contributed by atoms with Crippen molar-refractivity contribution in [1.29, 1.82) is 0 Å². The van der Waals surface area contributed by atoms with Crippen molar-refractivity contribution in [1.82, 2.24) is 14.7 Å². The first-order chi connectivity index (χ1) is 15.3. The molecular formula is C26H32N4O. The molecule has 1 aromatic heterocycles. The van der Waals surface area contributed by atoms with Gasteiger partial charge in [0.15, 0.2) is 0 Å². The van der Waals surface area contributed by atoms with Gasteiger partial charge >= 0.3 is 0 Å². The van der Waals surface area contributed by atoms with Gasteiger partial charge in [-0.2, -0.15) is 5.10 Å². The zero-order valence-electron chi connectivity index (χ0n) is 18.4. The van der Waals surface area contributed by atoms with Crippen LogP contribution in [0.25, 0.3) is 5.69 Å². The number of fused-ring (bicyclic) bond motifs is 1. The molecule has 5 rings (SSSR count). The molecule has 3 aromatic rings. The second kappa shape index (κ2) is 9.15. The van der Waals surface area contributed by atoms with Gasteiger partial charge in [-0.15, -0.1) is 0 Å². The van der Waals surface area contributed by atoms with E-state index in [4.69, 9.17) is 9.84 Å². The molecule has 1 saturated heterocycles. The summed E-state index contributed by atoms with van der Waals surface area (Å²) in [5.74, 6) is 2.56. The van der Waals surface area contributed by atoms with Gasteiger partial charge in [-0.1, -0.05) is 30.3 Å². The highest BCUT2D eigenvalue weighted by atomic mass is 16.5. The molecule has 0 radical (unpaired) electrons. The number of methoxy groups -OCH3 is 1. The van der Waals surface area contributed by atoms with E-state index in [9.17, 15) is 0 Å². The van der Waals surface area contributed by atoms with Gasteiger partial charge in [-0.25, -0.2) is 4.68 Å². The molecule has 0 bridgehead atoms. The van der Waals surface area contributed by atoms with Crippen LogP contribution in [-0.2, 0) is 13.0 Å². The van der Waals surface area contributed by atoms with Crippen molar-refractivity contribution in [3.63, 3.8) is 0 Å². The Kier molecular flexibility index (Phi) is 5.94. The van der Waals surface area contributed by atoms with E-state index in [-0.39, 0.29) is 0 Å². The Labute approximate surface area is 185 Å². The lowest BCUT2D eigenvalue weighted by Crippen LogP contribution is -2.34. The van der Waals surface area contributed by atoms with Crippen LogP contribution in [0, 0.1) is 0 Å². The molecule has 0 saturated carbocycles. The summed E-state index contributed by atoms with van der Waals surface area (Å²) in [6, 6.07) is 19.1. The van der Waals surface area contributed by atoms with E-state index in [0.29, 0.717) is 5.92 Å². The number of aromatic nitrogens is 2. The molecule has 5 heteroatoms. The van der Waals surface area contributed by atoms with Crippen molar-refractivity contribution in [2.75, 3.05) is 32.1 Å². The number of likely N-dealkylation sites (tertiary alicyclic amines) is 1. The summed E-state index contributed by atoms with van der Waals surface area (Å²) in [5.41, 5.74) is 5.22. The zero-order chi connectivity index (χ0) is 21.0. The number of nitrogens with one attached hydrogen (secondary N) is 1. The fourth-order valence-electron chi connectivity index (χ4n) is 5.03. The molecule has 0 aliphatic carbocycles. The van der Waals surface area contributed by atoms with E-state index in [2.05, 4.69) is 57.4 Å². The number of ether oxygens (including phenoxy) is 1. The maximum Gasteiger partial charge on any atom is 0.133 e. The Hall–Kier alpha value is -2.79. The van der Waals surface area contributed by atoms with Gasteiger partial charge in [0, 0.05) is 31.1 Å². The van der Waals surface area contributed by atoms with Gasteiger partial charge in [0.2, 0.25) is 0 Å². The van der Waals surface area contributed by atoms with Gasteiger partial charge in [0.25, 0.3) is 0 Å². The predicted molar refractivity (Wildman–Crippen MR) is 125 cm³/mol. The molecule has 0 amide bonds.